The molecular weight excluding hydrogens is 380 g/mol. The standard InChI is InChI=1S/C25H26O5/c1-19-8-5-12-21(25(19)30-18-24(26)27)17-29-23-14-6-13-22(16-23)28-15-7-11-20-9-3-2-4-10-20/h2-6,8-10,12-14,16H,7,11,15,17-18H2,1H3,(H,26,27). The number of para-hydroxylation sites is 1. The molecule has 0 saturated heterocycles. The average molecular weight is 406 g/mol. The molecule has 0 heterocycles. The average Bonchev–Trinajstić information content (AvgIpc) is 2.75. The summed E-state index contributed by atoms with van der Waals surface area (Å²) < 4.78 is 17.2. The highest BCUT2D eigenvalue weighted by atomic mass is 16.5. The van der Waals surface area contributed by atoms with Crippen LogP contribution in [0.25, 0.3) is 0 Å². The molecule has 5 nitrogen and oxygen atoms in total. The van der Waals surface area contributed by atoms with Crippen LogP contribution in [0.2, 0.25) is 0 Å². The zero-order chi connectivity index (χ0) is 21.2. The van der Waals surface area contributed by atoms with Crippen molar-refractivity contribution in [2.45, 2.75) is 26.4 Å². The Morgan fingerprint density at radius 2 is 1.60 bits per heavy atom. The first kappa shape index (κ1) is 21.2. The largest absolute Gasteiger partial charge is 0.493 e. The Morgan fingerprint density at radius 1 is 0.867 bits per heavy atom. The van der Waals surface area contributed by atoms with Crippen LogP contribution in [0, 0.1) is 6.92 Å². The lowest BCUT2D eigenvalue weighted by molar-refractivity contribution is -0.139. The molecule has 30 heavy (non-hydrogen) atoms. The highest BCUT2D eigenvalue weighted by Crippen LogP contribution is 2.26. The van der Waals surface area contributed by atoms with E-state index in [-0.39, 0.29) is 13.2 Å². The zero-order valence-electron chi connectivity index (χ0n) is 17.0. The summed E-state index contributed by atoms with van der Waals surface area (Å²) in [5, 5.41) is 8.88. The van der Waals surface area contributed by atoms with Gasteiger partial charge in [-0.1, -0.05) is 54.6 Å². The van der Waals surface area contributed by atoms with Crippen LogP contribution < -0.4 is 14.2 Å². The van der Waals surface area contributed by atoms with Gasteiger partial charge < -0.3 is 19.3 Å². The van der Waals surface area contributed by atoms with Crippen molar-refractivity contribution in [3.05, 3.63) is 89.5 Å². The van der Waals surface area contributed by atoms with E-state index >= 15 is 0 Å². The molecule has 0 aliphatic rings. The number of carbonyl (C=O) groups is 1. The fourth-order valence-electron chi connectivity index (χ4n) is 3.09. The first-order valence-electron chi connectivity index (χ1n) is 9.94. The van der Waals surface area contributed by atoms with Gasteiger partial charge in [-0.2, -0.15) is 0 Å². The number of hydrogen-bond donors (Lipinski definition) is 1. The lowest BCUT2D eigenvalue weighted by Crippen LogP contribution is -2.12. The van der Waals surface area contributed by atoms with Crippen LogP contribution in [0.1, 0.15) is 23.1 Å². The van der Waals surface area contributed by atoms with Gasteiger partial charge in [0, 0.05) is 11.6 Å². The van der Waals surface area contributed by atoms with Gasteiger partial charge in [0.2, 0.25) is 0 Å². The summed E-state index contributed by atoms with van der Waals surface area (Å²) in [7, 11) is 0. The minimum atomic E-state index is -1.01. The molecule has 0 amide bonds. The molecule has 0 aromatic heterocycles. The first-order valence-corrected chi connectivity index (χ1v) is 9.94. The summed E-state index contributed by atoms with van der Waals surface area (Å²) in [6.45, 7) is 2.40. The minimum absolute atomic E-state index is 0.272. The van der Waals surface area contributed by atoms with E-state index in [1.165, 1.54) is 5.56 Å². The van der Waals surface area contributed by atoms with E-state index in [1.807, 2.05) is 67.6 Å². The second-order valence-corrected chi connectivity index (χ2v) is 6.95. The number of aliphatic carboxylic acids is 1. The first-order chi connectivity index (χ1) is 14.6. The Labute approximate surface area is 176 Å². The molecule has 0 spiro atoms. The summed E-state index contributed by atoms with van der Waals surface area (Å²) in [6, 6.07) is 23.5. The fourth-order valence-corrected chi connectivity index (χ4v) is 3.09. The Morgan fingerprint density at radius 3 is 2.37 bits per heavy atom. The van der Waals surface area contributed by atoms with Crippen LogP contribution in [-0.2, 0) is 17.8 Å². The topological polar surface area (TPSA) is 65.0 Å². The smallest absolute Gasteiger partial charge is 0.341 e. The molecule has 3 rings (SSSR count). The molecule has 0 bridgehead atoms. The zero-order valence-corrected chi connectivity index (χ0v) is 17.0. The van der Waals surface area contributed by atoms with Crippen molar-refractivity contribution in [2.24, 2.45) is 0 Å². The summed E-state index contributed by atoms with van der Waals surface area (Å²) >= 11 is 0. The number of aryl methyl sites for hydroxylation is 2. The molecule has 3 aromatic carbocycles. The highest BCUT2D eigenvalue weighted by Gasteiger charge is 2.10. The van der Waals surface area contributed by atoms with E-state index < -0.39 is 5.97 Å². The summed E-state index contributed by atoms with van der Waals surface area (Å²) in [4.78, 5) is 10.8. The Kier molecular flexibility index (Phi) is 7.72. The molecule has 156 valence electrons. The van der Waals surface area contributed by atoms with Gasteiger partial charge in [0.25, 0.3) is 0 Å². The maximum absolute atomic E-state index is 10.8. The molecule has 0 unspecified atom stereocenters. The fraction of sp³-hybridized carbons (Fsp3) is 0.240. The summed E-state index contributed by atoms with van der Waals surface area (Å²) in [6.07, 6.45) is 1.91. The number of hydrogen-bond acceptors (Lipinski definition) is 4. The van der Waals surface area contributed by atoms with Gasteiger partial charge in [-0.25, -0.2) is 4.79 Å². The van der Waals surface area contributed by atoms with Crippen LogP contribution >= 0.6 is 0 Å². The maximum Gasteiger partial charge on any atom is 0.341 e. The predicted molar refractivity (Wildman–Crippen MR) is 115 cm³/mol. The van der Waals surface area contributed by atoms with Crippen LogP contribution in [0.5, 0.6) is 17.2 Å². The van der Waals surface area contributed by atoms with Crippen molar-refractivity contribution >= 4 is 5.97 Å². The monoisotopic (exact) mass is 406 g/mol. The van der Waals surface area contributed by atoms with Gasteiger partial charge in [0.15, 0.2) is 6.61 Å². The predicted octanol–water partition coefficient (Wildman–Crippen LogP) is 5.05. The van der Waals surface area contributed by atoms with Crippen molar-refractivity contribution in [3.63, 3.8) is 0 Å². The number of carboxylic acid groups (broad SMARTS) is 1. The van der Waals surface area contributed by atoms with Crippen molar-refractivity contribution in [2.75, 3.05) is 13.2 Å². The van der Waals surface area contributed by atoms with Crippen LogP contribution in [0.3, 0.4) is 0 Å². The summed E-state index contributed by atoms with van der Waals surface area (Å²) in [5.74, 6) is 0.976. The number of rotatable bonds is 11. The number of ether oxygens (including phenoxy) is 3. The minimum Gasteiger partial charge on any atom is -0.493 e. The SMILES string of the molecule is Cc1cccc(COc2cccc(OCCCc3ccccc3)c2)c1OCC(=O)O. The molecule has 3 aromatic rings. The normalized spacial score (nSPS) is 10.4. The summed E-state index contributed by atoms with van der Waals surface area (Å²) in [5.41, 5.74) is 2.97. The van der Waals surface area contributed by atoms with Crippen molar-refractivity contribution in [1.29, 1.82) is 0 Å². The van der Waals surface area contributed by atoms with E-state index in [1.54, 1.807) is 0 Å². The number of benzene rings is 3. The van der Waals surface area contributed by atoms with Crippen molar-refractivity contribution < 1.29 is 24.1 Å². The maximum atomic E-state index is 10.8. The van der Waals surface area contributed by atoms with Gasteiger partial charge in [0.05, 0.1) is 6.61 Å². The van der Waals surface area contributed by atoms with Crippen molar-refractivity contribution in [1.82, 2.24) is 0 Å². The molecule has 1 N–H and O–H groups in total. The van der Waals surface area contributed by atoms with E-state index in [2.05, 4.69) is 12.1 Å². The van der Waals surface area contributed by atoms with Crippen LogP contribution in [0.4, 0.5) is 0 Å². The van der Waals surface area contributed by atoms with E-state index in [0.717, 1.165) is 29.7 Å². The highest BCUT2D eigenvalue weighted by molar-refractivity contribution is 5.68. The Balaban J connectivity index is 1.53. The molecule has 0 radical (unpaired) electrons. The third-order valence-electron chi connectivity index (χ3n) is 4.55. The second-order valence-electron chi connectivity index (χ2n) is 6.95. The Bertz CT molecular complexity index is 953. The lowest BCUT2D eigenvalue weighted by Gasteiger charge is -2.14. The van der Waals surface area contributed by atoms with Gasteiger partial charge in [-0.15, -0.1) is 0 Å². The third-order valence-corrected chi connectivity index (χ3v) is 4.55. The third kappa shape index (κ3) is 6.55. The van der Waals surface area contributed by atoms with Crippen LogP contribution in [-0.4, -0.2) is 24.3 Å². The van der Waals surface area contributed by atoms with Gasteiger partial charge in [0.1, 0.15) is 23.9 Å². The molecule has 0 fully saturated rings. The van der Waals surface area contributed by atoms with Gasteiger partial charge >= 0.3 is 5.97 Å². The van der Waals surface area contributed by atoms with Crippen LogP contribution in [0.15, 0.2) is 72.8 Å². The van der Waals surface area contributed by atoms with E-state index in [0.29, 0.717) is 18.1 Å². The molecule has 5 heteroatoms. The Hall–Kier alpha value is -3.47. The van der Waals surface area contributed by atoms with E-state index in [4.69, 9.17) is 19.3 Å². The molecule has 0 atom stereocenters. The molecular formula is C25H26O5. The van der Waals surface area contributed by atoms with E-state index in [9.17, 15) is 4.79 Å². The van der Waals surface area contributed by atoms with Gasteiger partial charge in [-0.3, -0.25) is 0 Å². The lowest BCUT2D eigenvalue weighted by atomic mass is 10.1. The molecule has 0 aliphatic carbocycles. The second kappa shape index (κ2) is 10.9. The molecule has 0 aliphatic heterocycles. The van der Waals surface area contributed by atoms with Gasteiger partial charge in [-0.05, 0) is 43.0 Å². The molecule has 0 saturated carbocycles. The van der Waals surface area contributed by atoms with Crippen molar-refractivity contribution in [3.8, 4) is 17.2 Å². The quantitative estimate of drug-likeness (QED) is 0.452. The number of carboxylic acids is 1.